The van der Waals surface area contributed by atoms with Crippen molar-refractivity contribution in [3.05, 3.63) is 0 Å². The zero-order valence-electron chi connectivity index (χ0n) is 14.8. The van der Waals surface area contributed by atoms with E-state index in [4.69, 9.17) is 0 Å². The van der Waals surface area contributed by atoms with Crippen LogP contribution in [0, 0.1) is 0 Å². The fourth-order valence-electron chi connectivity index (χ4n) is 2.72. The molecular weight excluding hydrogens is 306 g/mol. The van der Waals surface area contributed by atoms with E-state index in [1.165, 1.54) is 0 Å². The number of rotatable bonds is 10. The standard InChI is InChI=1S/C17H31N5O2/c1-2-18-17(19-10-3-6-15(23)21-14-8-9-14)20-11-5-13-22-12-4-7-16(22)24/h14H,2-13H2,1H3,(H,21,23)(H2,18,19,20). The molecule has 2 aliphatic rings. The number of carbonyl (C=O) groups is 2. The van der Waals surface area contributed by atoms with Gasteiger partial charge in [-0.15, -0.1) is 0 Å². The molecule has 1 aliphatic heterocycles. The molecule has 1 saturated heterocycles. The molecule has 0 radical (unpaired) electrons. The van der Waals surface area contributed by atoms with E-state index >= 15 is 0 Å². The maximum Gasteiger partial charge on any atom is 0.222 e. The summed E-state index contributed by atoms with van der Waals surface area (Å²) in [4.78, 5) is 29.6. The molecular formula is C17H31N5O2. The summed E-state index contributed by atoms with van der Waals surface area (Å²) < 4.78 is 0. The Balaban J connectivity index is 1.57. The van der Waals surface area contributed by atoms with Crippen molar-refractivity contribution in [3.63, 3.8) is 0 Å². The van der Waals surface area contributed by atoms with Crippen LogP contribution in [-0.4, -0.2) is 61.4 Å². The second-order valence-corrected chi connectivity index (χ2v) is 6.47. The molecule has 0 aromatic heterocycles. The first-order valence-electron chi connectivity index (χ1n) is 9.28. The molecule has 1 saturated carbocycles. The highest BCUT2D eigenvalue weighted by molar-refractivity contribution is 5.80. The lowest BCUT2D eigenvalue weighted by atomic mass is 10.3. The molecule has 0 spiro atoms. The summed E-state index contributed by atoms with van der Waals surface area (Å²) >= 11 is 0. The molecule has 2 fully saturated rings. The molecule has 1 aliphatic carbocycles. The van der Waals surface area contributed by atoms with Crippen molar-refractivity contribution < 1.29 is 9.59 Å². The lowest BCUT2D eigenvalue weighted by Gasteiger charge is -2.15. The van der Waals surface area contributed by atoms with E-state index in [0.717, 1.165) is 64.2 Å². The molecule has 136 valence electrons. The Morgan fingerprint density at radius 2 is 2.12 bits per heavy atom. The topological polar surface area (TPSA) is 85.8 Å². The highest BCUT2D eigenvalue weighted by Gasteiger charge is 2.22. The smallest absolute Gasteiger partial charge is 0.222 e. The maximum absolute atomic E-state index is 11.6. The summed E-state index contributed by atoms with van der Waals surface area (Å²) in [6.07, 6.45) is 6.17. The molecule has 1 heterocycles. The number of nitrogens with zero attached hydrogens (tertiary/aromatic N) is 2. The number of hydrogen-bond donors (Lipinski definition) is 3. The van der Waals surface area contributed by atoms with E-state index in [0.29, 0.717) is 25.4 Å². The Morgan fingerprint density at radius 3 is 2.79 bits per heavy atom. The minimum absolute atomic E-state index is 0.150. The summed E-state index contributed by atoms with van der Waals surface area (Å²) in [6, 6.07) is 0.437. The minimum Gasteiger partial charge on any atom is -0.357 e. The van der Waals surface area contributed by atoms with Crippen molar-refractivity contribution in [2.75, 3.05) is 32.7 Å². The Morgan fingerprint density at radius 1 is 1.29 bits per heavy atom. The van der Waals surface area contributed by atoms with Gasteiger partial charge in [0.2, 0.25) is 11.8 Å². The lowest BCUT2D eigenvalue weighted by Crippen LogP contribution is -2.38. The normalized spacial score (nSPS) is 18.0. The molecule has 24 heavy (non-hydrogen) atoms. The molecule has 7 nitrogen and oxygen atoms in total. The van der Waals surface area contributed by atoms with Crippen molar-refractivity contribution >= 4 is 17.8 Å². The molecule has 0 unspecified atom stereocenters. The van der Waals surface area contributed by atoms with Gasteiger partial charge in [-0.1, -0.05) is 0 Å². The van der Waals surface area contributed by atoms with Crippen LogP contribution in [-0.2, 0) is 9.59 Å². The fourth-order valence-corrected chi connectivity index (χ4v) is 2.72. The zero-order valence-corrected chi connectivity index (χ0v) is 14.8. The van der Waals surface area contributed by atoms with Gasteiger partial charge < -0.3 is 20.9 Å². The van der Waals surface area contributed by atoms with Gasteiger partial charge in [-0.2, -0.15) is 0 Å². The van der Waals surface area contributed by atoms with Gasteiger partial charge in [0.1, 0.15) is 0 Å². The summed E-state index contributed by atoms with van der Waals surface area (Å²) in [5.74, 6) is 1.21. The van der Waals surface area contributed by atoms with Crippen LogP contribution in [0.1, 0.15) is 51.9 Å². The van der Waals surface area contributed by atoms with Crippen molar-refractivity contribution in [2.45, 2.75) is 57.9 Å². The van der Waals surface area contributed by atoms with Gasteiger partial charge in [0.25, 0.3) is 0 Å². The van der Waals surface area contributed by atoms with Crippen molar-refractivity contribution in [1.82, 2.24) is 20.9 Å². The van der Waals surface area contributed by atoms with Gasteiger partial charge in [-0.05, 0) is 39.0 Å². The Kier molecular flexibility index (Phi) is 7.85. The highest BCUT2D eigenvalue weighted by Crippen LogP contribution is 2.18. The van der Waals surface area contributed by atoms with Gasteiger partial charge in [-0.3, -0.25) is 14.6 Å². The fraction of sp³-hybridized carbons (Fsp3) is 0.824. The van der Waals surface area contributed by atoms with E-state index in [9.17, 15) is 9.59 Å². The van der Waals surface area contributed by atoms with Crippen LogP contribution in [0.15, 0.2) is 4.99 Å². The summed E-state index contributed by atoms with van der Waals surface area (Å²) in [6.45, 7) is 5.95. The molecule has 0 bridgehead atoms. The van der Waals surface area contributed by atoms with E-state index in [2.05, 4.69) is 20.9 Å². The first kappa shape index (κ1) is 18.5. The number of aliphatic imine (C=N–C) groups is 1. The predicted molar refractivity (Wildman–Crippen MR) is 94.8 cm³/mol. The zero-order chi connectivity index (χ0) is 17.2. The quantitative estimate of drug-likeness (QED) is 0.310. The second kappa shape index (κ2) is 10.2. The SMILES string of the molecule is CCNC(=NCCCN1CCCC1=O)NCCCC(=O)NC1CC1. The van der Waals surface area contributed by atoms with Gasteiger partial charge >= 0.3 is 0 Å². The Hall–Kier alpha value is -1.79. The molecule has 3 N–H and O–H groups in total. The van der Waals surface area contributed by atoms with Gasteiger partial charge in [0, 0.05) is 51.6 Å². The molecule has 0 aromatic carbocycles. The third kappa shape index (κ3) is 7.19. The second-order valence-electron chi connectivity index (χ2n) is 6.47. The van der Waals surface area contributed by atoms with Crippen LogP contribution in [0.5, 0.6) is 0 Å². The number of amides is 2. The molecule has 7 heteroatoms. The molecule has 0 atom stereocenters. The van der Waals surface area contributed by atoms with Crippen LogP contribution < -0.4 is 16.0 Å². The van der Waals surface area contributed by atoms with Gasteiger partial charge in [0.15, 0.2) is 5.96 Å². The number of likely N-dealkylation sites (tertiary alicyclic amines) is 1. The van der Waals surface area contributed by atoms with Crippen molar-refractivity contribution in [2.24, 2.45) is 4.99 Å². The van der Waals surface area contributed by atoms with Crippen molar-refractivity contribution in [3.8, 4) is 0 Å². The lowest BCUT2D eigenvalue weighted by molar-refractivity contribution is -0.127. The van der Waals surface area contributed by atoms with Crippen LogP contribution in [0.4, 0.5) is 0 Å². The largest absolute Gasteiger partial charge is 0.357 e. The van der Waals surface area contributed by atoms with E-state index < -0.39 is 0 Å². The molecule has 2 rings (SSSR count). The number of guanidine groups is 1. The maximum atomic E-state index is 11.6. The van der Waals surface area contributed by atoms with Crippen LogP contribution in [0.25, 0.3) is 0 Å². The summed E-state index contributed by atoms with van der Waals surface area (Å²) in [5, 5.41) is 9.46. The average Bonchev–Trinajstić information content (AvgIpc) is 3.28. The average molecular weight is 337 g/mol. The summed E-state index contributed by atoms with van der Waals surface area (Å²) in [5.41, 5.74) is 0. The first-order chi connectivity index (χ1) is 11.7. The number of hydrogen-bond acceptors (Lipinski definition) is 3. The number of carbonyl (C=O) groups excluding carboxylic acids is 2. The molecule has 2 amide bonds. The summed E-state index contributed by atoms with van der Waals surface area (Å²) in [7, 11) is 0. The third-order valence-corrected chi connectivity index (χ3v) is 4.19. The van der Waals surface area contributed by atoms with Crippen LogP contribution in [0.2, 0.25) is 0 Å². The third-order valence-electron chi connectivity index (χ3n) is 4.19. The first-order valence-corrected chi connectivity index (χ1v) is 9.28. The van der Waals surface area contributed by atoms with E-state index in [1.54, 1.807) is 0 Å². The predicted octanol–water partition coefficient (Wildman–Crippen LogP) is 0.613. The van der Waals surface area contributed by atoms with Gasteiger partial charge in [0.05, 0.1) is 0 Å². The van der Waals surface area contributed by atoms with Gasteiger partial charge in [-0.25, -0.2) is 0 Å². The van der Waals surface area contributed by atoms with E-state index in [-0.39, 0.29) is 11.8 Å². The van der Waals surface area contributed by atoms with Crippen molar-refractivity contribution in [1.29, 1.82) is 0 Å². The Labute approximate surface area is 144 Å². The monoisotopic (exact) mass is 337 g/mol. The Bertz CT molecular complexity index is 448. The molecule has 0 aromatic rings. The van der Waals surface area contributed by atoms with Crippen LogP contribution in [0.3, 0.4) is 0 Å². The van der Waals surface area contributed by atoms with Crippen LogP contribution >= 0.6 is 0 Å². The minimum atomic E-state index is 0.150. The highest BCUT2D eigenvalue weighted by atomic mass is 16.2. The number of nitrogens with one attached hydrogen (secondary N) is 3. The van der Waals surface area contributed by atoms with E-state index in [1.807, 2.05) is 11.8 Å².